The molecule has 0 bridgehead atoms. The first-order chi connectivity index (χ1) is 8.33. The third kappa shape index (κ3) is 2.73. The molecule has 0 radical (unpaired) electrons. The van der Waals surface area contributed by atoms with Crippen molar-refractivity contribution in [2.75, 3.05) is 0 Å². The van der Waals surface area contributed by atoms with Gasteiger partial charge in [-0.1, -0.05) is 24.3 Å². The maximum absolute atomic E-state index is 10.0. The van der Waals surface area contributed by atoms with E-state index in [0.29, 0.717) is 18.8 Å². The fraction of sp³-hybridized carbons (Fsp3) is 0.154. The van der Waals surface area contributed by atoms with Gasteiger partial charge in [0.15, 0.2) is 0 Å². The molecule has 0 saturated carbocycles. The fourth-order valence-electron chi connectivity index (χ4n) is 1.53. The highest BCUT2D eigenvalue weighted by Crippen LogP contribution is 2.22. The van der Waals surface area contributed by atoms with Crippen LogP contribution in [0.2, 0.25) is 0 Å². The molecule has 17 heavy (non-hydrogen) atoms. The van der Waals surface area contributed by atoms with Gasteiger partial charge in [0.2, 0.25) is 0 Å². The van der Waals surface area contributed by atoms with Crippen LogP contribution in [-0.4, -0.2) is 6.47 Å². The Kier molecular flexibility index (Phi) is 3.57. The van der Waals surface area contributed by atoms with Crippen LogP contribution in [0.5, 0.6) is 0 Å². The van der Waals surface area contributed by atoms with Gasteiger partial charge in [0.1, 0.15) is 18.1 Å². The lowest BCUT2D eigenvalue weighted by Crippen LogP contribution is -1.94. The van der Waals surface area contributed by atoms with Gasteiger partial charge < -0.3 is 14.9 Å². The highest BCUT2D eigenvalue weighted by atomic mass is 16.5. The predicted octanol–water partition coefficient (Wildman–Crippen LogP) is 2.08. The number of ether oxygens (including phenoxy) is 1. The Morgan fingerprint density at radius 1 is 1.18 bits per heavy atom. The second kappa shape index (κ2) is 5.32. The number of carbonyl (C=O) groups is 1. The van der Waals surface area contributed by atoms with Crippen molar-refractivity contribution in [1.82, 2.24) is 0 Å². The zero-order valence-electron chi connectivity index (χ0n) is 9.26. The molecule has 0 fully saturated rings. The number of carbonyl (C=O) groups excluding carboxylic acids is 1. The SMILES string of the molecule is NCc1ccc(-c2ccc(COC=O)o2)cc1. The van der Waals surface area contributed by atoms with Crippen molar-refractivity contribution >= 4 is 6.47 Å². The van der Waals surface area contributed by atoms with Gasteiger partial charge in [-0.05, 0) is 17.7 Å². The van der Waals surface area contributed by atoms with Crippen molar-refractivity contribution in [1.29, 1.82) is 0 Å². The van der Waals surface area contributed by atoms with Crippen LogP contribution in [0.15, 0.2) is 40.8 Å². The standard InChI is InChI=1S/C13H13NO3/c14-7-10-1-3-11(4-2-10)13-6-5-12(17-13)8-16-9-15/h1-6,9H,7-8,14H2. The van der Waals surface area contributed by atoms with Crippen LogP contribution in [0.25, 0.3) is 11.3 Å². The third-order valence-electron chi connectivity index (χ3n) is 2.43. The zero-order valence-corrected chi connectivity index (χ0v) is 9.26. The van der Waals surface area contributed by atoms with E-state index in [1.165, 1.54) is 0 Å². The summed E-state index contributed by atoms with van der Waals surface area (Å²) < 4.78 is 10.1. The molecule has 88 valence electrons. The molecule has 1 aromatic carbocycles. The van der Waals surface area contributed by atoms with E-state index in [2.05, 4.69) is 4.74 Å². The minimum Gasteiger partial charge on any atom is -0.460 e. The number of benzene rings is 1. The molecule has 2 N–H and O–H groups in total. The van der Waals surface area contributed by atoms with Crippen molar-refractivity contribution in [3.63, 3.8) is 0 Å². The molecule has 0 unspecified atom stereocenters. The fourth-order valence-corrected chi connectivity index (χ4v) is 1.53. The molecule has 1 aromatic heterocycles. The van der Waals surface area contributed by atoms with Crippen LogP contribution in [0, 0.1) is 0 Å². The van der Waals surface area contributed by atoms with E-state index >= 15 is 0 Å². The molecular formula is C13H13NO3. The Morgan fingerprint density at radius 2 is 1.94 bits per heavy atom. The zero-order chi connectivity index (χ0) is 12.1. The summed E-state index contributed by atoms with van der Waals surface area (Å²) >= 11 is 0. The molecule has 4 nitrogen and oxygen atoms in total. The molecule has 0 saturated heterocycles. The largest absolute Gasteiger partial charge is 0.460 e. The average molecular weight is 231 g/mol. The molecule has 0 spiro atoms. The molecule has 0 aliphatic rings. The second-order valence-electron chi connectivity index (χ2n) is 3.57. The van der Waals surface area contributed by atoms with E-state index in [-0.39, 0.29) is 6.61 Å². The maximum atomic E-state index is 10.0. The molecule has 4 heteroatoms. The highest BCUT2D eigenvalue weighted by Gasteiger charge is 2.04. The Labute approximate surface area is 99.0 Å². The van der Waals surface area contributed by atoms with Crippen molar-refractivity contribution in [3.05, 3.63) is 47.7 Å². The van der Waals surface area contributed by atoms with Crippen LogP contribution in [0.3, 0.4) is 0 Å². The van der Waals surface area contributed by atoms with Crippen molar-refractivity contribution in [3.8, 4) is 11.3 Å². The Hall–Kier alpha value is -2.07. The molecule has 2 aromatic rings. The topological polar surface area (TPSA) is 65.5 Å². The van der Waals surface area contributed by atoms with Crippen LogP contribution >= 0.6 is 0 Å². The number of hydrogen-bond acceptors (Lipinski definition) is 4. The summed E-state index contributed by atoms with van der Waals surface area (Å²) in [6.07, 6.45) is 0. The maximum Gasteiger partial charge on any atom is 0.293 e. The van der Waals surface area contributed by atoms with E-state index in [1.807, 2.05) is 30.3 Å². The summed E-state index contributed by atoms with van der Waals surface area (Å²) in [6.45, 7) is 1.08. The molecule has 1 heterocycles. The number of furan rings is 1. The number of hydrogen-bond donors (Lipinski definition) is 1. The van der Waals surface area contributed by atoms with Gasteiger partial charge in [-0.15, -0.1) is 0 Å². The molecular weight excluding hydrogens is 218 g/mol. The van der Waals surface area contributed by atoms with Gasteiger partial charge in [-0.25, -0.2) is 0 Å². The van der Waals surface area contributed by atoms with E-state index < -0.39 is 0 Å². The first-order valence-electron chi connectivity index (χ1n) is 5.27. The van der Waals surface area contributed by atoms with Crippen LogP contribution in [0.4, 0.5) is 0 Å². The van der Waals surface area contributed by atoms with Gasteiger partial charge in [0.05, 0.1) is 0 Å². The minimum absolute atomic E-state index is 0.157. The molecule has 0 atom stereocenters. The van der Waals surface area contributed by atoms with E-state index in [9.17, 15) is 4.79 Å². The lowest BCUT2D eigenvalue weighted by Gasteiger charge is -1.99. The Balaban J connectivity index is 2.15. The van der Waals surface area contributed by atoms with Gasteiger partial charge in [-0.2, -0.15) is 0 Å². The smallest absolute Gasteiger partial charge is 0.293 e. The monoisotopic (exact) mass is 231 g/mol. The summed E-state index contributed by atoms with van der Waals surface area (Å²) in [5.41, 5.74) is 7.57. The van der Waals surface area contributed by atoms with E-state index in [4.69, 9.17) is 10.2 Å². The minimum atomic E-state index is 0.157. The lowest BCUT2D eigenvalue weighted by atomic mass is 10.1. The van der Waals surface area contributed by atoms with Gasteiger partial charge in [0.25, 0.3) is 6.47 Å². The normalized spacial score (nSPS) is 10.2. The summed E-state index contributed by atoms with van der Waals surface area (Å²) in [5, 5.41) is 0. The number of rotatable bonds is 5. The van der Waals surface area contributed by atoms with E-state index in [1.54, 1.807) is 6.07 Å². The average Bonchev–Trinajstić information content (AvgIpc) is 2.85. The van der Waals surface area contributed by atoms with Crippen molar-refractivity contribution in [2.45, 2.75) is 13.2 Å². The predicted molar refractivity (Wildman–Crippen MR) is 62.9 cm³/mol. The van der Waals surface area contributed by atoms with Crippen LogP contribution in [-0.2, 0) is 22.7 Å². The highest BCUT2D eigenvalue weighted by molar-refractivity contribution is 5.57. The Morgan fingerprint density at radius 3 is 2.59 bits per heavy atom. The summed E-state index contributed by atoms with van der Waals surface area (Å²) in [4.78, 5) is 10.0. The molecule has 0 aliphatic carbocycles. The van der Waals surface area contributed by atoms with Crippen molar-refractivity contribution in [2.24, 2.45) is 5.73 Å². The van der Waals surface area contributed by atoms with Gasteiger partial charge in [0, 0.05) is 12.1 Å². The van der Waals surface area contributed by atoms with E-state index in [0.717, 1.165) is 16.9 Å². The van der Waals surface area contributed by atoms with Gasteiger partial charge in [-0.3, -0.25) is 4.79 Å². The molecule has 0 aliphatic heterocycles. The first kappa shape index (κ1) is 11.4. The van der Waals surface area contributed by atoms with Crippen molar-refractivity contribution < 1.29 is 13.9 Å². The quantitative estimate of drug-likeness (QED) is 0.800. The summed E-state index contributed by atoms with van der Waals surface area (Å²) in [7, 11) is 0. The first-order valence-corrected chi connectivity index (χ1v) is 5.27. The lowest BCUT2D eigenvalue weighted by molar-refractivity contribution is -0.130. The molecule has 0 amide bonds. The van der Waals surface area contributed by atoms with Crippen LogP contribution in [0.1, 0.15) is 11.3 Å². The summed E-state index contributed by atoms with van der Waals surface area (Å²) in [5.74, 6) is 1.37. The molecule has 2 rings (SSSR count). The van der Waals surface area contributed by atoms with Crippen LogP contribution < -0.4 is 5.73 Å². The number of nitrogens with two attached hydrogens (primary N) is 1. The van der Waals surface area contributed by atoms with Gasteiger partial charge >= 0.3 is 0 Å². The second-order valence-corrected chi connectivity index (χ2v) is 3.57. The Bertz CT molecular complexity index is 488. The summed E-state index contributed by atoms with van der Waals surface area (Å²) in [6, 6.07) is 11.5. The third-order valence-corrected chi connectivity index (χ3v) is 2.43.